The summed E-state index contributed by atoms with van der Waals surface area (Å²) in [6.07, 6.45) is 2.47. The summed E-state index contributed by atoms with van der Waals surface area (Å²) < 4.78 is 16.5. The normalized spacial score (nSPS) is 11.3. The van der Waals surface area contributed by atoms with Crippen molar-refractivity contribution in [1.82, 2.24) is 4.90 Å². The van der Waals surface area contributed by atoms with Gasteiger partial charge in [0.1, 0.15) is 0 Å². The van der Waals surface area contributed by atoms with Crippen molar-refractivity contribution in [2.45, 2.75) is 6.42 Å². The minimum atomic E-state index is 0.0106. The average Bonchev–Trinajstić information content (AvgIpc) is 2.73. The Morgan fingerprint density at radius 2 is 1.79 bits per heavy atom. The number of likely N-dealkylation sites (N-methyl/N-ethyl adjacent to an activating group) is 1. The van der Waals surface area contributed by atoms with Crippen LogP contribution in [0.15, 0.2) is 40.4 Å². The molecular weight excluding hydrogens is 436 g/mol. The van der Waals surface area contributed by atoms with Crippen LogP contribution in [0.5, 0.6) is 23.0 Å². The molecule has 0 aliphatic rings. The van der Waals surface area contributed by atoms with Crippen LogP contribution in [0.25, 0.3) is 6.08 Å². The van der Waals surface area contributed by atoms with E-state index in [4.69, 9.17) is 14.2 Å². The van der Waals surface area contributed by atoms with Crippen molar-refractivity contribution >= 4 is 22.0 Å². The van der Waals surface area contributed by atoms with E-state index in [9.17, 15) is 10.4 Å². The lowest BCUT2D eigenvalue weighted by atomic mass is 10.1. The van der Waals surface area contributed by atoms with Gasteiger partial charge in [-0.3, -0.25) is 0 Å². The number of hydrogen-bond donors (Lipinski definition) is 1. The Morgan fingerprint density at radius 3 is 2.41 bits per heavy atom. The zero-order chi connectivity index (χ0) is 21.4. The second-order valence-corrected chi connectivity index (χ2v) is 7.42. The van der Waals surface area contributed by atoms with E-state index in [0.717, 1.165) is 23.0 Å². The Hall–Kier alpha value is -2.69. The second kappa shape index (κ2) is 10.7. The molecule has 0 fully saturated rings. The molecule has 0 saturated heterocycles. The van der Waals surface area contributed by atoms with Crippen molar-refractivity contribution in [3.05, 3.63) is 51.5 Å². The van der Waals surface area contributed by atoms with Crippen LogP contribution >= 0.6 is 15.9 Å². The van der Waals surface area contributed by atoms with E-state index in [0.29, 0.717) is 34.9 Å². The molecule has 0 aliphatic carbocycles. The molecule has 0 amide bonds. The molecule has 2 aromatic rings. The minimum absolute atomic E-state index is 0.0106. The van der Waals surface area contributed by atoms with E-state index >= 15 is 0 Å². The minimum Gasteiger partial charge on any atom is -0.504 e. The van der Waals surface area contributed by atoms with Gasteiger partial charge in [0.15, 0.2) is 23.0 Å². The summed E-state index contributed by atoms with van der Waals surface area (Å²) >= 11 is 3.39. The zero-order valence-corrected chi connectivity index (χ0v) is 18.6. The number of halogens is 1. The smallest absolute Gasteiger partial charge is 0.165 e. The second-order valence-electron chi connectivity index (χ2n) is 6.50. The molecule has 0 heterocycles. The maximum absolute atomic E-state index is 10.3. The highest BCUT2D eigenvalue weighted by molar-refractivity contribution is 9.10. The molecule has 0 unspecified atom stereocenters. The van der Waals surface area contributed by atoms with E-state index in [1.807, 2.05) is 25.2 Å². The predicted molar refractivity (Wildman–Crippen MR) is 117 cm³/mol. The van der Waals surface area contributed by atoms with Crippen LogP contribution in [-0.2, 0) is 6.42 Å². The first kappa shape index (κ1) is 22.6. The SMILES string of the molecule is COc1ccc(CCN(C)CC(C#N)=Cc2cc(Br)cc(OC)c2O)cc1OC. The highest BCUT2D eigenvalue weighted by Gasteiger charge is 2.11. The first-order chi connectivity index (χ1) is 13.9. The van der Waals surface area contributed by atoms with Crippen molar-refractivity contribution in [2.75, 3.05) is 41.5 Å². The van der Waals surface area contributed by atoms with Crippen LogP contribution in [-0.4, -0.2) is 51.5 Å². The van der Waals surface area contributed by atoms with Crippen molar-refractivity contribution < 1.29 is 19.3 Å². The fraction of sp³-hybridized carbons (Fsp3) is 0.318. The average molecular weight is 461 g/mol. The molecule has 0 aliphatic heterocycles. The van der Waals surface area contributed by atoms with E-state index in [-0.39, 0.29) is 5.75 Å². The highest BCUT2D eigenvalue weighted by Crippen LogP contribution is 2.35. The standard InChI is InChI=1S/C22H25BrN2O4/c1-25(8-7-15-5-6-19(27-2)20(10-15)28-3)14-16(13-24)9-17-11-18(23)12-21(29-4)22(17)26/h5-6,9-12,26H,7-8,14H2,1-4H3. The lowest BCUT2D eigenvalue weighted by molar-refractivity contribution is 0.352. The van der Waals surface area contributed by atoms with Crippen LogP contribution in [0.2, 0.25) is 0 Å². The van der Waals surface area contributed by atoms with E-state index in [1.54, 1.807) is 32.4 Å². The summed E-state index contributed by atoms with van der Waals surface area (Å²) in [7, 11) is 6.67. The Kier molecular flexibility index (Phi) is 8.37. The van der Waals surface area contributed by atoms with Crippen molar-refractivity contribution in [3.8, 4) is 29.1 Å². The molecule has 154 valence electrons. The number of hydrogen-bond acceptors (Lipinski definition) is 6. The molecule has 1 N–H and O–H groups in total. The molecular formula is C22H25BrN2O4. The van der Waals surface area contributed by atoms with Gasteiger partial charge in [0.05, 0.1) is 27.4 Å². The lowest BCUT2D eigenvalue weighted by Crippen LogP contribution is -2.23. The van der Waals surface area contributed by atoms with Crippen molar-refractivity contribution in [3.63, 3.8) is 0 Å². The van der Waals surface area contributed by atoms with Gasteiger partial charge < -0.3 is 24.2 Å². The van der Waals surface area contributed by atoms with E-state index in [2.05, 4.69) is 26.9 Å². The van der Waals surface area contributed by atoms with Gasteiger partial charge in [-0.1, -0.05) is 22.0 Å². The van der Waals surface area contributed by atoms with E-state index in [1.165, 1.54) is 7.11 Å². The van der Waals surface area contributed by atoms with Crippen LogP contribution in [0.1, 0.15) is 11.1 Å². The molecule has 0 aromatic heterocycles. The summed E-state index contributed by atoms with van der Waals surface area (Å²) in [6.45, 7) is 1.21. The lowest BCUT2D eigenvalue weighted by Gasteiger charge is -2.17. The van der Waals surface area contributed by atoms with E-state index < -0.39 is 0 Å². The summed E-state index contributed by atoms with van der Waals surface area (Å²) in [5, 5.41) is 19.8. The third kappa shape index (κ3) is 6.14. The van der Waals surface area contributed by atoms with Crippen LogP contribution < -0.4 is 14.2 Å². The molecule has 6 nitrogen and oxygen atoms in total. The highest BCUT2D eigenvalue weighted by atomic mass is 79.9. The Morgan fingerprint density at radius 1 is 1.10 bits per heavy atom. The molecule has 7 heteroatoms. The van der Waals surface area contributed by atoms with Crippen molar-refractivity contribution in [2.24, 2.45) is 0 Å². The quantitative estimate of drug-likeness (QED) is 0.563. The van der Waals surface area contributed by atoms with Gasteiger partial charge >= 0.3 is 0 Å². The Balaban J connectivity index is 2.07. The van der Waals surface area contributed by atoms with Crippen LogP contribution in [0.3, 0.4) is 0 Å². The first-order valence-electron chi connectivity index (χ1n) is 8.98. The maximum atomic E-state index is 10.3. The monoisotopic (exact) mass is 460 g/mol. The number of methoxy groups -OCH3 is 3. The maximum Gasteiger partial charge on any atom is 0.165 e. The predicted octanol–water partition coefficient (Wildman–Crippen LogP) is 4.26. The molecule has 0 spiro atoms. The molecule has 0 radical (unpaired) electrons. The number of phenolic OH excluding ortho intramolecular Hbond substituents is 1. The molecule has 29 heavy (non-hydrogen) atoms. The number of benzene rings is 2. The molecule has 2 rings (SSSR count). The topological polar surface area (TPSA) is 75.0 Å². The van der Waals surface area contributed by atoms with Gasteiger partial charge in [0.2, 0.25) is 0 Å². The van der Waals surface area contributed by atoms with Crippen LogP contribution in [0, 0.1) is 11.3 Å². The number of ether oxygens (including phenoxy) is 3. The molecule has 0 bridgehead atoms. The largest absolute Gasteiger partial charge is 0.504 e. The van der Waals surface area contributed by atoms with Gasteiger partial charge in [0, 0.05) is 28.7 Å². The first-order valence-corrected chi connectivity index (χ1v) is 9.77. The van der Waals surface area contributed by atoms with Gasteiger partial charge in [-0.25, -0.2) is 0 Å². The fourth-order valence-corrected chi connectivity index (χ4v) is 3.34. The number of nitrogens with zero attached hydrogens (tertiary/aromatic N) is 2. The Labute approximate surface area is 180 Å². The summed E-state index contributed by atoms with van der Waals surface area (Å²) in [5.74, 6) is 1.76. The Bertz CT molecular complexity index is 922. The zero-order valence-electron chi connectivity index (χ0n) is 17.0. The number of aromatic hydroxyl groups is 1. The molecule has 0 atom stereocenters. The van der Waals surface area contributed by atoms with Crippen LogP contribution in [0.4, 0.5) is 0 Å². The number of nitriles is 1. The van der Waals surface area contributed by atoms with Gasteiger partial charge in [0.25, 0.3) is 0 Å². The fourth-order valence-electron chi connectivity index (χ4n) is 2.89. The van der Waals surface area contributed by atoms with Crippen molar-refractivity contribution in [1.29, 1.82) is 5.26 Å². The van der Waals surface area contributed by atoms with Gasteiger partial charge in [-0.05, 0) is 49.4 Å². The summed E-state index contributed by atoms with van der Waals surface area (Å²) in [4.78, 5) is 2.05. The van der Waals surface area contributed by atoms with Gasteiger partial charge in [-0.15, -0.1) is 0 Å². The number of phenols is 1. The summed E-state index contributed by atoms with van der Waals surface area (Å²) in [6, 6.07) is 11.5. The van der Waals surface area contributed by atoms with Gasteiger partial charge in [-0.2, -0.15) is 5.26 Å². The molecule has 2 aromatic carbocycles. The third-order valence-electron chi connectivity index (χ3n) is 4.43. The summed E-state index contributed by atoms with van der Waals surface area (Å²) in [5.41, 5.74) is 2.18. The molecule has 0 saturated carbocycles. The number of rotatable bonds is 9. The third-order valence-corrected chi connectivity index (χ3v) is 4.89.